The fourth-order valence-corrected chi connectivity index (χ4v) is 1.83. The predicted octanol–water partition coefficient (Wildman–Crippen LogP) is 3.95. The minimum Gasteiger partial charge on any atom is -0.493 e. The third-order valence-corrected chi connectivity index (χ3v) is 2.82. The molecule has 0 radical (unpaired) electrons. The number of nitriles is 1. The lowest BCUT2D eigenvalue weighted by atomic mass is 10.2. The van der Waals surface area contributed by atoms with E-state index in [1.165, 1.54) is 18.2 Å². The van der Waals surface area contributed by atoms with Crippen molar-refractivity contribution in [3.05, 3.63) is 65.5 Å². The topological polar surface area (TPSA) is 42.2 Å². The number of methoxy groups -OCH3 is 1. The number of benzene rings is 2. The van der Waals surface area contributed by atoms with Crippen LogP contribution in [0, 0.1) is 17.1 Å². The summed E-state index contributed by atoms with van der Waals surface area (Å²) in [5.74, 6) is 0.836. The summed E-state index contributed by atoms with van der Waals surface area (Å²) in [6.45, 7) is 0.251. The van der Waals surface area contributed by atoms with Gasteiger partial charge in [0.25, 0.3) is 0 Å². The number of allylic oxidation sites excluding steroid dienone is 1. The van der Waals surface area contributed by atoms with E-state index < -0.39 is 0 Å². The lowest BCUT2D eigenvalue weighted by Crippen LogP contribution is -1.98. The van der Waals surface area contributed by atoms with Gasteiger partial charge in [-0.15, -0.1) is 0 Å². The third-order valence-electron chi connectivity index (χ3n) is 2.82. The maximum atomic E-state index is 13.1. The highest BCUT2D eigenvalue weighted by atomic mass is 19.1. The Morgan fingerprint density at radius 1 is 1.19 bits per heavy atom. The zero-order valence-corrected chi connectivity index (χ0v) is 11.5. The van der Waals surface area contributed by atoms with E-state index in [4.69, 9.17) is 14.7 Å². The molecule has 0 aliphatic carbocycles. The largest absolute Gasteiger partial charge is 0.493 e. The number of rotatable bonds is 5. The van der Waals surface area contributed by atoms with Crippen molar-refractivity contribution < 1.29 is 13.9 Å². The van der Waals surface area contributed by atoms with E-state index in [0.717, 1.165) is 11.1 Å². The molecule has 0 bridgehead atoms. The molecular formula is C17H14FNO2. The molecule has 0 saturated heterocycles. The van der Waals surface area contributed by atoms with Crippen LogP contribution in [-0.4, -0.2) is 7.11 Å². The minimum atomic E-state index is -0.292. The van der Waals surface area contributed by atoms with Crippen molar-refractivity contribution in [3.63, 3.8) is 0 Å². The Balaban J connectivity index is 2.13. The van der Waals surface area contributed by atoms with Gasteiger partial charge in [0.15, 0.2) is 11.5 Å². The summed E-state index contributed by atoms with van der Waals surface area (Å²) in [5, 5.41) is 8.52. The van der Waals surface area contributed by atoms with Gasteiger partial charge in [-0.2, -0.15) is 5.26 Å². The van der Waals surface area contributed by atoms with Gasteiger partial charge in [0, 0.05) is 6.08 Å². The number of hydrogen-bond acceptors (Lipinski definition) is 3. The van der Waals surface area contributed by atoms with Crippen molar-refractivity contribution in [1.82, 2.24) is 0 Å². The molecule has 0 heterocycles. The molecule has 0 spiro atoms. The minimum absolute atomic E-state index is 0.251. The van der Waals surface area contributed by atoms with Gasteiger partial charge in [0.05, 0.1) is 13.2 Å². The summed E-state index contributed by atoms with van der Waals surface area (Å²) in [6.07, 6.45) is 3.07. The van der Waals surface area contributed by atoms with Crippen molar-refractivity contribution in [2.75, 3.05) is 7.11 Å². The fraction of sp³-hybridized carbons (Fsp3) is 0.118. The van der Waals surface area contributed by atoms with Crippen LogP contribution in [0.1, 0.15) is 11.1 Å². The van der Waals surface area contributed by atoms with Crippen LogP contribution in [0.25, 0.3) is 6.08 Å². The number of hydrogen-bond donors (Lipinski definition) is 0. The van der Waals surface area contributed by atoms with E-state index in [1.54, 1.807) is 37.5 Å². The monoisotopic (exact) mass is 283 g/mol. The van der Waals surface area contributed by atoms with Gasteiger partial charge in [0.2, 0.25) is 0 Å². The molecule has 21 heavy (non-hydrogen) atoms. The Morgan fingerprint density at radius 3 is 2.76 bits per heavy atom. The number of ether oxygens (including phenoxy) is 2. The van der Waals surface area contributed by atoms with Crippen LogP contribution < -0.4 is 9.47 Å². The molecule has 0 unspecified atom stereocenters. The van der Waals surface area contributed by atoms with Gasteiger partial charge in [-0.1, -0.05) is 18.2 Å². The zero-order chi connectivity index (χ0) is 15.1. The Morgan fingerprint density at radius 2 is 2.05 bits per heavy atom. The van der Waals surface area contributed by atoms with Crippen LogP contribution in [0.15, 0.2) is 48.5 Å². The van der Waals surface area contributed by atoms with Crippen LogP contribution >= 0.6 is 0 Å². The van der Waals surface area contributed by atoms with Crippen LogP contribution in [0.3, 0.4) is 0 Å². The normalized spacial score (nSPS) is 10.3. The molecule has 0 aromatic heterocycles. The van der Waals surface area contributed by atoms with Crippen LogP contribution in [0.4, 0.5) is 4.39 Å². The third kappa shape index (κ3) is 4.08. The van der Waals surface area contributed by atoms with E-state index in [9.17, 15) is 4.39 Å². The summed E-state index contributed by atoms with van der Waals surface area (Å²) in [6, 6.07) is 13.5. The van der Waals surface area contributed by atoms with E-state index in [1.807, 2.05) is 12.1 Å². The van der Waals surface area contributed by atoms with Crippen molar-refractivity contribution in [2.45, 2.75) is 6.61 Å². The average Bonchev–Trinajstić information content (AvgIpc) is 2.51. The Bertz CT molecular complexity index is 689. The molecule has 2 rings (SSSR count). The molecule has 0 N–H and O–H groups in total. The Kier molecular flexibility index (Phi) is 4.94. The maximum absolute atomic E-state index is 13.1. The van der Waals surface area contributed by atoms with E-state index in [2.05, 4.69) is 0 Å². The van der Waals surface area contributed by atoms with E-state index in [-0.39, 0.29) is 12.4 Å². The predicted molar refractivity (Wildman–Crippen MR) is 78.4 cm³/mol. The highest BCUT2D eigenvalue weighted by Gasteiger charge is 2.05. The first-order chi connectivity index (χ1) is 10.2. The van der Waals surface area contributed by atoms with Crippen molar-refractivity contribution in [1.29, 1.82) is 5.26 Å². The molecule has 0 saturated carbocycles. The summed E-state index contributed by atoms with van der Waals surface area (Å²) in [7, 11) is 1.54. The average molecular weight is 283 g/mol. The highest BCUT2D eigenvalue weighted by Crippen LogP contribution is 2.29. The van der Waals surface area contributed by atoms with Crippen molar-refractivity contribution in [2.24, 2.45) is 0 Å². The quantitative estimate of drug-likeness (QED) is 0.780. The highest BCUT2D eigenvalue weighted by molar-refractivity contribution is 5.57. The van der Waals surface area contributed by atoms with E-state index >= 15 is 0 Å². The zero-order valence-electron chi connectivity index (χ0n) is 11.5. The molecule has 0 amide bonds. The lowest BCUT2D eigenvalue weighted by molar-refractivity contribution is 0.284. The lowest BCUT2D eigenvalue weighted by Gasteiger charge is -2.11. The second-order valence-electron chi connectivity index (χ2n) is 4.29. The summed E-state index contributed by atoms with van der Waals surface area (Å²) in [4.78, 5) is 0. The van der Waals surface area contributed by atoms with Crippen LogP contribution in [-0.2, 0) is 6.61 Å². The SMILES string of the molecule is COc1cc(/C=C/C#N)ccc1OCc1cccc(F)c1. The fourth-order valence-electron chi connectivity index (χ4n) is 1.83. The van der Waals surface area contributed by atoms with Gasteiger partial charge in [-0.3, -0.25) is 0 Å². The summed E-state index contributed by atoms with van der Waals surface area (Å²) in [5.41, 5.74) is 1.58. The van der Waals surface area contributed by atoms with E-state index in [0.29, 0.717) is 11.5 Å². The molecule has 4 heteroatoms. The molecule has 2 aromatic carbocycles. The number of halogens is 1. The second kappa shape index (κ2) is 7.11. The van der Waals surface area contributed by atoms with Gasteiger partial charge >= 0.3 is 0 Å². The smallest absolute Gasteiger partial charge is 0.161 e. The standard InChI is InChI=1S/C17H14FNO2/c1-20-17-11-13(5-3-9-19)7-8-16(17)21-12-14-4-2-6-15(18)10-14/h2-8,10-11H,12H2,1H3/b5-3+. The maximum Gasteiger partial charge on any atom is 0.161 e. The van der Waals surface area contributed by atoms with Crippen LogP contribution in [0.2, 0.25) is 0 Å². The molecule has 106 valence electrons. The molecule has 0 aliphatic rings. The first-order valence-corrected chi connectivity index (χ1v) is 6.34. The molecule has 3 nitrogen and oxygen atoms in total. The Labute approximate surface area is 122 Å². The molecule has 2 aromatic rings. The van der Waals surface area contributed by atoms with Gasteiger partial charge in [0.1, 0.15) is 12.4 Å². The summed E-state index contributed by atoms with van der Waals surface area (Å²) < 4.78 is 24.0. The molecular weight excluding hydrogens is 269 g/mol. The van der Waals surface area contributed by atoms with Crippen molar-refractivity contribution in [3.8, 4) is 17.6 Å². The van der Waals surface area contributed by atoms with Gasteiger partial charge in [-0.25, -0.2) is 4.39 Å². The molecule has 0 atom stereocenters. The second-order valence-corrected chi connectivity index (χ2v) is 4.29. The first kappa shape index (κ1) is 14.6. The molecule has 0 fully saturated rings. The molecule has 0 aliphatic heterocycles. The Hall–Kier alpha value is -2.80. The first-order valence-electron chi connectivity index (χ1n) is 6.34. The van der Waals surface area contributed by atoms with Crippen LogP contribution in [0.5, 0.6) is 11.5 Å². The van der Waals surface area contributed by atoms with Gasteiger partial charge in [-0.05, 0) is 41.5 Å². The van der Waals surface area contributed by atoms with Gasteiger partial charge < -0.3 is 9.47 Å². The number of nitrogens with zero attached hydrogens (tertiary/aromatic N) is 1. The van der Waals surface area contributed by atoms with Crippen molar-refractivity contribution >= 4 is 6.08 Å². The summed E-state index contributed by atoms with van der Waals surface area (Å²) >= 11 is 0.